The summed E-state index contributed by atoms with van der Waals surface area (Å²) in [6.45, 7) is 5.83. The van der Waals surface area contributed by atoms with Crippen molar-refractivity contribution in [1.82, 2.24) is 14.9 Å². The Bertz CT molecular complexity index is 941. The average molecular weight is 478 g/mol. The molecule has 0 atom stereocenters. The molecule has 0 aliphatic carbocycles. The van der Waals surface area contributed by atoms with E-state index < -0.39 is 10.6 Å². The first-order chi connectivity index (χ1) is 15.9. The Morgan fingerprint density at radius 2 is 1.67 bits per heavy atom. The van der Waals surface area contributed by atoms with E-state index in [0.29, 0.717) is 63.3 Å². The molecule has 3 N–H and O–H groups in total. The van der Waals surface area contributed by atoms with E-state index >= 15 is 0 Å². The van der Waals surface area contributed by atoms with E-state index in [1.54, 1.807) is 0 Å². The van der Waals surface area contributed by atoms with Gasteiger partial charge in [-0.05, 0) is 24.3 Å². The summed E-state index contributed by atoms with van der Waals surface area (Å²) < 4.78 is 30.7. The number of ether oxygens (including phenoxy) is 2. The molecule has 1 aromatic heterocycles. The van der Waals surface area contributed by atoms with Crippen molar-refractivity contribution in [3.05, 3.63) is 36.0 Å². The molecule has 2 aliphatic heterocycles. The molecule has 180 valence electrons. The molecule has 0 radical (unpaired) electrons. The van der Waals surface area contributed by atoms with Crippen molar-refractivity contribution in [2.24, 2.45) is 0 Å². The lowest BCUT2D eigenvalue weighted by molar-refractivity contribution is -0.118. The van der Waals surface area contributed by atoms with Crippen molar-refractivity contribution in [1.29, 1.82) is 0 Å². The fourth-order valence-electron chi connectivity index (χ4n) is 3.79. The predicted molar refractivity (Wildman–Crippen MR) is 129 cm³/mol. The van der Waals surface area contributed by atoms with Crippen LogP contribution in [-0.2, 0) is 20.0 Å². The number of aromatic nitrogens is 2. The zero-order valence-electron chi connectivity index (χ0n) is 18.8. The van der Waals surface area contributed by atoms with E-state index in [4.69, 9.17) is 14.5 Å². The maximum atomic E-state index is 12.4. The van der Waals surface area contributed by atoms with Gasteiger partial charge in [-0.25, -0.2) is 9.97 Å². The molecule has 2 aliphatic rings. The van der Waals surface area contributed by atoms with Gasteiger partial charge in [0.25, 0.3) is 0 Å². The van der Waals surface area contributed by atoms with E-state index in [9.17, 15) is 13.9 Å². The molecule has 10 nitrogen and oxygen atoms in total. The molecule has 0 bridgehead atoms. The molecule has 1 amide bonds. The highest BCUT2D eigenvalue weighted by atomic mass is 32.3. The van der Waals surface area contributed by atoms with Crippen LogP contribution in [0, 0.1) is 0 Å². The number of rotatable bonds is 7. The molecule has 0 unspecified atom stereocenters. The van der Waals surface area contributed by atoms with Crippen LogP contribution in [0.25, 0.3) is 11.4 Å². The number of nitrogens with one attached hydrogen (secondary N) is 1. The molecule has 2 saturated heterocycles. The van der Waals surface area contributed by atoms with E-state index in [0.717, 1.165) is 24.5 Å². The maximum absolute atomic E-state index is 12.4. The number of hydrogen-bond donors (Lipinski definition) is 3. The summed E-state index contributed by atoms with van der Waals surface area (Å²) >= 11 is 0. The third-order valence-corrected chi connectivity index (χ3v) is 6.26. The fourth-order valence-corrected chi connectivity index (χ4v) is 4.49. The smallest absolute Gasteiger partial charge is 0.238 e. The lowest BCUT2D eigenvalue weighted by atomic mass is 10.2. The minimum atomic E-state index is -2.75. The van der Waals surface area contributed by atoms with E-state index in [1.807, 2.05) is 30.3 Å². The second-order valence-electron chi connectivity index (χ2n) is 8.29. The van der Waals surface area contributed by atoms with Gasteiger partial charge in [-0.3, -0.25) is 18.8 Å². The minimum Gasteiger partial charge on any atom is -0.379 e. The van der Waals surface area contributed by atoms with Crippen LogP contribution >= 0.6 is 10.6 Å². The summed E-state index contributed by atoms with van der Waals surface area (Å²) in [5, 5.41) is 2.93. The Morgan fingerprint density at radius 1 is 1.03 bits per heavy atom. The van der Waals surface area contributed by atoms with Crippen molar-refractivity contribution in [2.75, 3.05) is 75.6 Å². The summed E-state index contributed by atoms with van der Waals surface area (Å²) in [6, 6.07) is 9.18. The molecule has 4 rings (SSSR count). The maximum Gasteiger partial charge on any atom is 0.238 e. The standard InChI is InChI=1S/C22H31N5O5S/c1-33(29,30)16-19-14-20(27-8-12-32-13-9-27)25-22(24-19)17-2-4-18(5-3-17)23-21(28)15-26-6-10-31-11-7-26/h2-5,14,29-30H,6-13,15-16H2,1H3,(H,23,28). The molecule has 2 aromatic rings. The number of nitrogens with zero attached hydrogens (tertiary/aromatic N) is 4. The van der Waals surface area contributed by atoms with Crippen LogP contribution in [-0.4, -0.2) is 95.3 Å². The van der Waals surface area contributed by atoms with Crippen LogP contribution in [0.1, 0.15) is 5.69 Å². The van der Waals surface area contributed by atoms with Crippen molar-refractivity contribution in [3.63, 3.8) is 0 Å². The Morgan fingerprint density at radius 3 is 2.30 bits per heavy atom. The molecular formula is C22H31N5O5S. The highest BCUT2D eigenvalue weighted by Gasteiger charge is 2.18. The molecule has 2 fully saturated rings. The molecule has 0 spiro atoms. The summed E-state index contributed by atoms with van der Waals surface area (Å²) in [6.07, 6.45) is 1.41. The molecular weight excluding hydrogens is 446 g/mol. The van der Waals surface area contributed by atoms with E-state index in [2.05, 4.69) is 20.1 Å². The molecule has 3 heterocycles. The number of carbonyl (C=O) groups excluding carboxylic acids is 1. The average Bonchev–Trinajstić information content (AvgIpc) is 2.79. The second kappa shape index (κ2) is 10.8. The van der Waals surface area contributed by atoms with E-state index in [-0.39, 0.29) is 11.7 Å². The Balaban J connectivity index is 1.49. The molecule has 33 heavy (non-hydrogen) atoms. The second-order valence-corrected chi connectivity index (χ2v) is 10.6. The number of morpholine rings is 2. The Labute approximate surface area is 195 Å². The molecule has 11 heteroatoms. The van der Waals surface area contributed by atoms with Gasteiger partial charge in [0.05, 0.1) is 44.4 Å². The first kappa shape index (κ1) is 23.9. The van der Waals surface area contributed by atoms with Gasteiger partial charge in [0.2, 0.25) is 5.91 Å². The third-order valence-electron chi connectivity index (χ3n) is 5.42. The summed E-state index contributed by atoms with van der Waals surface area (Å²) in [4.78, 5) is 25.8. The summed E-state index contributed by atoms with van der Waals surface area (Å²) in [5.74, 6) is 1.24. The van der Waals surface area contributed by atoms with Crippen molar-refractivity contribution < 1.29 is 23.4 Å². The van der Waals surface area contributed by atoms with Crippen LogP contribution in [0.4, 0.5) is 11.5 Å². The number of carbonyl (C=O) groups is 1. The first-order valence-electron chi connectivity index (χ1n) is 11.0. The highest BCUT2D eigenvalue weighted by Crippen LogP contribution is 2.38. The molecule has 0 saturated carbocycles. The molecule has 1 aromatic carbocycles. The van der Waals surface area contributed by atoms with Crippen LogP contribution in [0.15, 0.2) is 30.3 Å². The van der Waals surface area contributed by atoms with Gasteiger partial charge in [-0.15, -0.1) is 0 Å². The lowest BCUT2D eigenvalue weighted by Crippen LogP contribution is -2.41. The van der Waals surface area contributed by atoms with Crippen LogP contribution < -0.4 is 10.2 Å². The predicted octanol–water partition coefficient (Wildman–Crippen LogP) is 2.13. The SMILES string of the molecule is CS(O)(O)Cc1cc(N2CCOCC2)nc(-c2ccc(NC(=O)CN3CCOCC3)cc2)n1. The van der Waals surface area contributed by atoms with Gasteiger partial charge in [0.1, 0.15) is 5.82 Å². The Hall–Kier alpha value is -2.28. The number of anilines is 2. The quantitative estimate of drug-likeness (QED) is 0.551. The van der Waals surface area contributed by atoms with Crippen molar-refractivity contribution in [3.8, 4) is 11.4 Å². The monoisotopic (exact) mass is 477 g/mol. The zero-order valence-corrected chi connectivity index (χ0v) is 19.6. The minimum absolute atomic E-state index is 0.0642. The highest BCUT2D eigenvalue weighted by molar-refractivity contribution is 8.23. The van der Waals surface area contributed by atoms with Gasteiger partial charge in [-0.1, -0.05) is 0 Å². The topological polar surface area (TPSA) is 120 Å². The van der Waals surface area contributed by atoms with Crippen LogP contribution in [0.3, 0.4) is 0 Å². The van der Waals surface area contributed by atoms with Crippen molar-refractivity contribution >= 4 is 28.0 Å². The first-order valence-corrected chi connectivity index (χ1v) is 13.1. The van der Waals surface area contributed by atoms with Crippen LogP contribution in [0.5, 0.6) is 0 Å². The number of amides is 1. The summed E-state index contributed by atoms with van der Waals surface area (Å²) in [7, 11) is -2.75. The van der Waals surface area contributed by atoms with Gasteiger partial charge >= 0.3 is 0 Å². The van der Waals surface area contributed by atoms with Crippen LogP contribution in [0.2, 0.25) is 0 Å². The largest absolute Gasteiger partial charge is 0.379 e. The number of hydrogen-bond acceptors (Lipinski definition) is 9. The third kappa shape index (κ3) is 7.10. The van der Waals surface area contributed by atoms with Gasteiger partial charge in [-0.2, -0.15) is 10.6 Å². The lowest BCUT2D eigenvalue weighted by Gasteiger charge is -2.30. The van der Waals surface area contributed by atoms with Gasteiger partial charge in [0, 0.05) is 49.8 Å². The normalized spacial score (nSPS) is 18.2. The Kier molecular flexibility index (Phi) is 7.78. The fraction of sp³-hybridized carbons (Fsp3) is 0.500. The van der Waals surface area contributed by atoms with Gasteiger partial charge < -0.3 is 19.7 Å². The van der Waals surface area contributed by atoms with E-state index in [1.165, 1.54) is 6.26 Å². The van der Waals surface area contributed by atoms with Gasteiger partial charge in [0.15, 0.2) is 5.82 Å². The number of benzene rings is 1. The van der Waals surface area contributed by atoms with Crippen molar-refractivity contribution in [2.45, 2.75) is 5.75 Å². The summed E-state index contributed by atoms with van der Waals surface area (Å²) in [5.41, 5.74) is 2.06. The zero-order chi connectivity index (χ0) is 23.3.